The Bertz CT molecular complexity index is 494. The van der Waals surface area contributed by atoms with Crippen molar-refractivity contribution in [3.05, 3.63) is 23.8 Å². The van der Waals surface area contributed by atoms with Crippen molar-refractivity contribution in [1.29, 1.82) is 0 Å². The number of hydrogen-bond donors (Lipinski definition) is 1. The molecule has 0 amide bonds. The van der Waals surface area contributed by atoms with Gasteiger partial charge in [0.05, 0.1) is 12.8 Å². The van der Waals surface area contributed by atoms with E-state index in [2.05, 4.69) is 30.7 Å². The van der Waals surface area contributed by atoms with Crippen molar-refractivity contribution in [2.45, 2.75) is 25.9 Å². The Morgan fingerprint density at radius 3 is 2.40 bits per heavy atom. The molecule has 0 bridgehead atoms. The Hall–Kier alpha value is -1.33. The van der Waals surface area contributed by atoms with Crippen LogP contribution < -0.4 is 15.4 Å². The van der Waals surface area contributed by atoms with Gasteiger partial charge in [0.1, 0.15) is 10.7 Å². The Kier molecular flexibility index (Phi) is 4.50. The summed E-state index contributed by atoms with van der Waals surface area (Å²) in [6, 6.07) is 6.86. The van der Waals surface area contributed by atoms with Gasteiger partial charge in [-0.05, 0) is 33.0 Å². The number of methoxy groups -OCH3 is 1. The minimum Gasteiger partial charge on any atom is -0.497 e. The first-order valence-electron chi connectivity index (χ1n) is 6.88. The number of ether oxygens (including phenoxy) is 1. The van der Waals surface area contributed by atoms with Crippen molar-refractivity contribution in [3.63, 3.8) is 0 Å². The molecule has 1 aromatic carbocycles. The van der Waals surface area contributed by atoms with E-state index >= 15 is 0 Å². The summed E-state index contributed by atoms with van der Waals surface area (Å²) < 4.78 is 5.33. The monoisotopic (exact) mass is 293 g/mol. The van der Waals surface area contributed by atoms with Crippen molar-refractivity contribution < 1.29 is 4.74 Å². The number of anilines is 1. The number of benzene rings is 1. The van der Waals surface area contributed by atoms with Gasteiger partial charge in [-0.25, -0.2) is 0 Å². The second-order valence-corrected chi connectivity index (χ2v) is 5.96. The standard InChI is InChI=1S/C15H23N3OS/c1-10-8-18(9-11(2)17(10)3)14-7-12(19-4)5-6-13(14)15(16)20/h5-7,10-11H,8-9H2,1-4H3,(H2,16,20). The summed E-state index contributed by atoms with van der Waals surface area (Å²) in [5, 5.41) is 0. The lowest BCUT2D eigenvalue weighted by Crippen LogP contribution is -2.55. The van der Waals surface area contributed by atoms with Crippen LogP contribution in [0.25, 0.3) is 0 Å². The zero-order valence-corrected chi connectivity index (χ0v) is 13.4. The Morgan fingerprint density at radius 1 is 1.30 bits per heavy atom. The molecule has 0 spiro atoms. The van der Waals surface area contributed by atoms with Gasteiger partial charge in [0.2, 0.25) is 0 Å². The third-order valence-electron chi connectivity index (χ3n) is 4.17. The molecule has 2 rings (SSSR count). The van der Waals surface area contributed by atoms with Crippen LogP contribution in [0.15, 0.2) is 18.2 Å². The molecule has 1 aliphatic rings. The third kappa shape index (κ3) is 2.88. The van der Waals surface area contributed by atoms with Crippen LogP contribution in [-0.2, 0) is 0 Å². The van der Waals surface area contributed by atoms with E-state index in [1.165, 1.54) is 0 Å². The molecule has 0 saturated carbocycles. The van der Waals surface area contributed by atoms with E-state index < -0.39 is 0 Å². The van der Waals surface area contributed by atoms with E-state index in [9.17, 15) is 0 Å². The molecule has 20 heavy (non-hydrogen) atoms. The summed E-state index contributed by atoms with van der Waals surface area (Å²) in [6.07, 6.45) is 0. The SMILES string of the molecule is COc1ccc(C(N)=S)c(N2CC(C)N(C)C(C)C2)c1. The molecule has 1 aliphatic heterocycles. The van der Waals surface area contributed by atoms with Gasteiger partial charge in [-0.2, -0.15) is 0 Å². The van der Waals surface area contributed by atoms with Gasteiger partial charge in [-0.15, -0.1) is 0 Å². The van der Waals surface area contributed by atoms with Crippen molar-refractivity contribution in [2.24, 2.45) is 5.73 Å². The van der Waals surface area contributed by atoms with E-state index in [0.29, 0.717) is 17.1 Å². The Morgan fingerprint density at radius 2 is 1.90 bits per heavy atom. The second-order valence-electron chi connectivity index (χ2n) is 5.52. The van der Waals surface area contributed by atoms with Gasteiger partial charge in [0.15, 0.2) is 0 Å². The lowest BCUT2D eigenvalue weighted by atomic mass is 10.1. The van der Waals surface area contributed by atoms with E-state index in [0.717, 1.165) is 30.1 Å². The molecule has 2 N–H and O–H groups in total. The molecular weight excluding hydrogens is 270 g/mol. The molecule has 1 fully saturated rings. The van der Waals surface area contributed by atoms with Crippen molar-refractivity contribution >= 4 is 22.9 Å². The van der Waals surface area contributed by atoms with E-state index in [1.807, 2.05) is 18.2 Å². The number of thiocarbonyl (C=S) groups is 1. The molecule has 1 aromatic rings. The molecule has 5 heteroatoms. The van der Waals surface area contributed by atoms with Crippen LogP contribution in [0.3, 0.4) is 0 Å². The lowest BCUT2D eigenvalue weighted by Gasteiger charge is -2.44. The maximum Gasteiger partial charge on any atom is 0.120 e. The number of nitrogens with two attached hydrogens (primary N) is 1. The molecule has 2 atom stereocenters. The molecular formula is C15H23N3OS. The van der Waals surface area contributed by atoms with Crippen molar-refractivity contribution in [2.75, 3.05) is 32.1 Å². The molecule has 0 aromatic heterocycles. The number of likely N-dealkylation sites (N-methyl/N-ethyl adjacent to an activating group) is 1. The number of nitrogens with zero attached hydrogens (tertiary/aromatic N) is 2. The normalized spacial score (nSPS) is 23.7. The smallest absolute Gasteiger partial charge is 0.120 e. The average molecular weight is 293 g/mol. The fourth-order valence-corrected chi connectivity index (χ4v) is 2.88. The van der Waals surface area contributed by atoms with Crippen LogP contribution in [0, 0.1) is 0 Å². The first-order valence-corrected chi connectivity index (χ1v) is 7.29. The summed E-state index contributed by atoms with van der Waals surface area (Å²) in [4.78, 5) is 5.19. The van der Waals surface area contributed by atoms with E-state index in [-0.39, 0.29) is 0 Å². The van der Waals surface area contributed by atoms with Gasteiger partial charge in [0.25, 0.3) is 0 Å². The molecule has 110 valence electrons. The van der Waals surface area contributed by atoms with Gasteiger partial charge < -0.3 is 15.4 Å². The molecule has 2 unspecified atom stereocenters. The lowest BCUT2D eigenvalue weighted by molar-refractivity contribution is 0.170. The number of rotatable bonds is 3. The minimum atomic E-state index is 0.432. The molecule has 1 saturated heterocycles. The van der Waals surface area contributed by atoms with Gasteiger partial charge in [-0.1, -0.05) is 12.2 Å². The van der Waals surface area contributed by atoms with Gasteiger partial charge in [0, 0.05) is 36.8 Å². The molecule has 4 nitrogen and oxygen atoms in total. The number of piperazine rings is 1. The molecule has 0 radical (unpaired) electrons. The van der Waals surface area contributed by atoms with E-state index in [1.54, 1.807) is 7.11 Å². The van der Waals surface area contributed by atoms with Crippen LogP contribution in [0.5, 0.6) is 5.75 Å². The summed E-state index contributed by atoms with van der Waals surface area (Å²) in [6.45, 7) is 6.40. The summed E-state index contributed by atoms with van der Waals surface area (Å²) in [5.41, 5.74) is 7.86. The first-order chi connectivity index (χ1) is 9.43. The fourth-order valence-electron chi connectivity index (χ4n) is 2.71. The summed E-state index contributed by atoms with van der Waals surface area (Å²) in [5.74, 6) is 0.833. The Balaban J connectivity index is 2.37. The highest BCUT2D eigenvalue weighted by Crippen LogP contribution is 2.29. The predicted octanol–water partition coefficient (Wildman–Crippen LogP) is 1.86. The highest BCUT2D eigenvalue weighted by molar-refractivity contribution is 7.80. The molecule has 0 aliphatic carbocycles. The minimum absolute atomic E-state index is 0.432. The highest BCUT2D eigenvalue weighted by Gasteiger charge is 2.28. The zero-order valence-electron chi connectivity index (χ0n) is 12.6. The Labute approximate surface area is 126 Å². The highest BCUT2D eigenvalue weighted by atomic mass is 32.1. The topological polar surface area (TPSA) is 41.7 Å². The maximum atomic E-state index is 5.86. The van der Waals surface area contributed by atoms with Crippen LogP contribution in [0.1, 0.15) is 19.4 Å². The van der Waals surface area contributed by atoms with Crippen LogP contribution in [0.2, 0.25) is 0 Å². The van der Waals surface area contributed by atoms with Crippen LogP contribution in [-0.4, -0.2) is 49.2 Å². The predicted molar refractivity (Wildman–Crippen MR) is 87.8 cm³/mol. The first kappa shape index (κ1) is 15.1. The van der Waals surface area contributed by atoms with Crippen LogP contribution in [0.4, 0.5) is 5.69 Å². The van der Waals surface area contributed by atoms with Gasteiger partial charge >= 0.3 is 0 Å². The average Bonchev–Trinajstić information content (AvgIpc) is 2.43. The van der Waals surface area contributed by atoms with E-state index in [4.69, 9.17) is 22.7 Å². The largest absolute Gasteiger partial charge is 0.497 e. The quantitative estimate of drug-likeness (QED) is 0.862. The molecule has 1 heterocycles. The second kappa shape index (κ2) is 5.97. The maximum absolute atomic E-state index is 5.86. The van der Waals surface area contributed by atoms with Gasteiger partial charge in [-0.3, -0.25) is 4.90 Å². The zero-order chi connectivity index (χ0) is 14.9. The third-order valence-corrected chi connectivity index (χ3v) is 4.39. The summed E-state index contributed by atoms with van der Waals surface area (Å²) >= 11 is 5.18. The number of hydrogen-bond acceptors (Lipinski definition) is 4. The fraction of sp³-hybridized carbons (Fsp3) is 0.533. The van der Waals surface area contributed by atoms with Crippen molar-refractivity contribution in [3.8, 4) is 5.75 Å². The van der Waals surface area contributed by atoms with Crippen molar-refractivity contribution in [1.82, 2.24) is 4.90 Å². The van der Waals surface area contributed by atoms with Crippen LogP contribution >= 0.6 is 12.2 Å². The summed E-state index contributed by atoms with van der Waals surface area (Å²) in [7, 11) is 3.85.